The van der Waals surface area contributed by atoms with E-state index in [4.69, 9.17) is 4.74 Å². The Labute approximate surface area is 114 Å². The van der Waals surface area contributed by atoms with Crippen LogP contribution in [0.25, 0.3) is 0 Å². The summed E-state index contributed by atoms with van der Waals surface area (Å²) in [5, 5.41) is 6.29. The van der Waals surface area contributed by atoms with Crippen LogP contribution in [0.4, 0.5) is 0 Å². The third-order valence-corrected chi connectivity index (χ3v) is 3.11. The van der Waals surface area contributed by atoms with E-state index in [2.05, 4.69) is 10.6 Å². The highest BCUT2D eigenvalue weighted by atomic mass is 35.5. The molecule has 1 amide bonds. The second kappa shape index (κ2) is 8.11. The normalized spacial score (nSPS) is 19.4. The first-order valence-corrected chi connectivity index (χ1v) is 5.56. The van der Waals surface area contributed by atoms with Gasteiger partial charge in [0, 0.05) is 33.2 Å². The van der Waals surface area contributed by atoms with Crippen LogP contribution in [0.2, 0.25) is 0 Å². The summed E-state index contributed by atoms with van der Waals surface area (Å²) >= 11 is 0. The van der Waals surface area contributed by atoms with Crippen molar-refractivity contribution in [2.45, 2.75) is 18.6 Å². The van der Waals surface area contributed by atoms with E-state index in [0.29, 0.717) is 25.2 Å². The molecule has 0 unspecified atom stereocenters. The second-order valence-electron chi connectivity index (χ2n) is 4.22. The number of halogens is 2. The molecule has 102 valence electrons. The monoisotopic (exact) mass is 285 g/mol. The van der Waals surface area contributed by atoms with E-state index in [9.17, 15) is 4.79 Å². The number of carbonyl (C=O) groups excluding carboxylic acids is 1. The van der Waals surface area contributed by atoms with E-state index >= 15 is 0 Å². The molecule has 2 heterocycles. The zero-order chi connectivity index (χ0) is 10.7. The van der Waals surface area contributed by atoms with Gasteiger partial charge in [0.05, 0.1) is 25.2 Å². The fraction of sp³-hybridized carbons (Fsp3) is 0.900. The molecule has 0 spiro atoms. The third kappa shape index (κ3) is 4.60. The first-order valence-electron chi connectivity index (χ1n) is 5.56. The number of hydrogen-bond donors (Lipinski definition) is 2. The molecular formula is C10H21Cl2N3O2. The predicted octanol–water partition coefficient (Wildman–Crippen LogP) is -0.361. The molecule has 0 aliphatic carbocycles. The summed E-state index contributed by atoms with van der Waals surface area (Å²) in [6.45, 7) is 4.26. The molecule has 0 saturated carbocycles. The first-order chi connectivity index (χ1) is 7.27. The van der Waals surface area contributed by atoms with Gasteiger partial charge in [-0.05, 0) is 0 Å². The maximum Gasteiger partial charge on any atom is 0.224 e. The molecule has 2 aliphatic rings. The Balaban J connectivity index is 0.00000128. The highest BCUT2D eigenvalue weighted by Crippen LogP contribution is 2.05. The molecule has 2 aliphatic heterocycles. The van der Waals surface area contributed by atoms with Crippen molar-refractivity contribution in [2.75, 3.05) is 39.8 Å². The van der Waals surface area contributed by atoms with Crippen molar-refractivity contribution in [1.82, 2.24) is 15.5 Å². The second-order valence-corrected chi connectivity index (χ2v) is 4.22. The summed E-state index contributed by atoms with van der Waals surface area (Å²) in [7, 11) is 1.87. The van der Waals surface area contributed by atoms with E-state index in [1.807, 2.05) is 11.9 Å². The maximum atomic E-state index is 11.7. The van der Waals surface area contributed by atoms with Gasteiger partial charge >= 0.3 is 0 Å². The number of carbonyl (C=O) groups is 1. The lowest BCUT2D eigenvalue weighted by Gasteiger charge is -2.35. The Morgan fingerprint density at radius 1 is 1.24 bits per heavy atom. The molecule has 0 aromatic rings. The Morgan fingerprint density at radius 2 is 1.82 bits per heavy atom. The molecule has 0 aromatic carbocycles. The van der Waals surface area contributed by atoms with Gasteiger partial charge in [-0.1, -0.05) is 0 Å². The van der Waals surface area contributed by atoms with Crippen LogP contribution in [0.3, 0.4) is 0 Å². The van der Waals surface area contributed by atoms with Crippen LogP contribution in [0.15, 0.2) is 0 Å². The van der Waals surface area contributed by atoms with Crippen LogP contribution in [-0.4, -0.2) is 62.8 Å². The van der Waals surface area contributed by atoms with Gasteiger partial charge in [0.2, 0.25) is 5.91 Å². The molecule has 0 bridgehead atoms. The van der Waals surface area contributed by atoms with E-state index in [0.717, 1.165) is 26.2 Å². The lowest BCUT2D eigenvalue weighted by atomic mass is 10.1. The highest BCUT2D eigenvalue weighted by Gasteiger charge is 2.25. The minimum atomic E-state index is 0. The SMILES string of the molecule is CN(C(=O)CCOC1CNC1)C1CNC1.Cl.Cl. The van der Waals surface area contributed by atoms with Crippen molar-refractivity contribution < 1.29 is 9.53 Å². The van der Waals surface area contributed by atoms with Crippen molar-refractivity contribution in [3.63, 3.8) is 0 Å². The molecule has 5 nitrogen and oxygen atoms in total. The predicted molar refractivity (Wildman–Crippen MR) is 71.2 cm³/mol. The summed E-state index contributed by atoms with van der Waals surface area (Å²) in [6, 6.07) is 0.392. The molecule has 0 atom stereocenters. The molecule has 2 saturated heterocycles. The smallest absolute Gasteiger partial charge is 0.224 e. The summed E-state index contributed by atoms with van der Waals surface area (Å²) in [4.78, 5) is 13.5. The minimum absolute atomic E-state index is 0. The molecule has 17 heavy (non-hydrogen) atoms. The van der Waals surface area contributed by atoms with Gasteiger partial charge in [-0.2, -0.15) is 0 Å². The van der Waals surface area contributed by atoms with Gasteiger partial charge in [0.1, 0.15) is 0 Å². The van der Waals surface area contributed by atoms with E-state index < -0.39 is 0 Å². The van der Waals surface area contributed by atoms with Crippen molar-refractivity contribution in [2.24, 2.45) is 0 Å². The quantitative estimate of drug-likeness (QED) is 0.725. The Morgan fingerprint density at radius 3 is 2.24 bits per heavy atom. The summed E-state index contributed by atoms with van der Waals surface area (Å²) in [5.41, 5.74) is 0. The van der Waals surface area contributed by atoms with Gasteiger partial charge in [0.15, 0.2) is 0 Å². The summed E-state index contributed by atoms with van der Waals surface area (Å²) in [5.74, 6) is 0.189. The lowest BCUT2D eigenvalue weighted by Crippen LogP contribution is -2.57. The van der Waals surface area contributed by atoms with Gasteiger partial charge in [-0.3, -0.25) is 4.79 Å². The minimum Gasteiger partial charge on any atom is -0.375 e. The molecule has 0 radical (unpaired) electrons. The average Bonchev–Trinajstić information content (AvgIpc) is 2.05. The third-order valence-electron chi connectivity index (χ3n) is 3.11. The average molecular weight is 286 g/mol. The van der Waals surface area contributed by atoms with E-state index in [-0.39, 0.29) is 30.7 Å². The van der Waals surface area contributed by atoms with Crippen LogP contribution in [0.5, 0.6) is 0 Å². The van der Waals surface area contributed by atoms with Crippen molar-refractivity contribution in [3.8, 4) is 0 Å². The van der Waals surface area contributed by atoms with Crippen LogP contribution in [0.1, 0.15) is 6.42 Å². The summed E-state index contributed by atoms with van der Waals surface area (Å²) in [6.07, 6.45) is 0.831. The van der Waals surface area contributed by atoms with Crippen LogP contribution >= 0.6 is 24.8 Å². The zero-order valence-corrected chi connectivity index (χ0v) is 11.6. The largest absolute Gasteiger partial charge is 0.375 e. The lowest BCUT2D eigenvalue weighted by molar-refractivity contribution is -0.134. The maximum absolute atomic E-state index is 11.7. The van der Waals surface area contributed by atoms with Crippen LogP contribution < -0.4 is 10.6 Å². The topological polar surface area (TPSA) is 53.6 Å². The molecule has 2 N–H and O–H groups in total. The van der Waals surface area contributed by atoms with Crippen LogP contribution in [0, 0.1) is 0 Å². The van der Waals surface area contributed by atoms with Gasteiger partial charge in [-0.25, -0.2) is 0 Å². The fourth-order valence-corrected chi connectivity index (χ4v) is 1.62. The van der Waals surface area contributed by atoms with E-state index in [1.54, 1.807) is 0 Å². The molecule has 2 fully saturated rings. The van der Waals surface area contributed by atoms with Crippen molar-refractivity contribution in [3.05, 3.63) is 0 Å². The number of ether oxygens (including phenoxy) is 1. The van der Waals surface area contributed by atoms with Gasteiger partial charge in [-0.15, -0.1) is 24.8 Å². The molecular weight excluding hydrogens is 265 g/mol. The Kier molecular flexibility index (Phi) is 8.07. The Hall–Kier alpha value is -0.0700. The fourth-order valence-electron chi connectivity index (χ4n) is 1.62. The van der Waals surface area contributed by atoms with E-state index in [1.165, 1.54) is 0 Å². The standard InChI is InChI=1S/C10H19N3O2.2ClH/c1-13(8-4-11-5-8)10(14)2-3-15-9-6-12-7-9;;/h8-9,11-12H,2-7H2,1H3;2*1H. The number of likely N-dealkylation sites (N-methyl/N-ethyl adjacent to an activating group) is 1. The molecule has 0 aromatic heterocycles. The summed E-state index contributed by atoms with van der Waals surface area (Å²) < 4.78 is 5.50. The number of rotatable bonds is 5. The number of hydrogen-bond acceptors (Lipinski definition) is 4. The number of nitrogens with one attached hydrogen (secondary N) is 2. The van der Waals surface area contributed by atoms with Crippen molar-refractivity contribution >= 4 is 30.7 Å². The van der Waals surface area contributed by atoms with Crippen molar-refractivity contribution in [1.29, 1.82) is 0 Å². The highest BCUT2D eigenvalue weighted by molar-refractivity contribution is 5.85. The molecule has 7 heteroatoms. The van der Waals surface area contributed by atoms with Gasteiger partial charge < -0.3 is 20.3 Å². The number of amides is 1. The first kappa shape index (κ1) is 16.9. The van der Waals surface area contributed by atoms with Gasteiger partial charge in [0.25, 0.3) is 0 Å². The zero-order valence-electron chi connectivity index (χ0n) is 9.98. The number of nitrogens with zero attached hydrogens (tertiary/aromatic N) is 1. The molecule has 2 rings (SSSR count). The van der Waals surface area contributed by atoms with Crippen LogP contribution in [-0.2, 0) is 9.53 Å². The Bertz CT molecular complexity index is 236.